The van der Waals surface area contributed by atoms with Crippen LogP contribution in [-0.4, -0.2) is 47.1 Å². The molecule has 7 nitrogen and oxygen atoms in total. The summed E-state index contributed by atoms with van der Waals surface area (Å²) in [5, 5.41) is 16.5. The van der Waals surface area contributed by atoms with Gasteiger partial charge in [-0.2, -0.15) is 0 Å². The number of thiazole rings is 1. The number of aromatic nitrogens is 1. The number of aromatic carboxylic acids is 1. The van der Waals surface area contributed by atoms with E-state index in [1.54, 1.807) is 6.92 Å². The lowest BCUT2D eigenvalue weighted by molar-refractivity contribution is 0.0691. The largest absolute Gasteiger partial charge is 0.476 e. The Kier molecular flexibility index (Phi) is 7.55. The Bertz CT molecular complexity index is 720. The average molecular weight is 376 g/mol. The smallest absolute Gasteiger partial charge is 0.355 e. The molecule has 0 bridgehead atoms. The number of nitrogens with one attached hydrogen (secondary N) is 2. The maximum atomic E-state index is 11.9. The second kappa shape index (κ2) is 9.88. The lowest BCUT2D eigenvalue weighted by Gasteiger charge is -2.17. The molecule has 8 heteroatoms. The van der Waals surface area contributed by atoms with Crippen LogP contribution in [0.4, 0.5) is 4.79 Å². The van der Waals surface area contributed by atoms with Crippen molar-refractivity contribution in [3.8, 4) is 0 Å². The summed E-state index contributed by atoms with van der Waals surface area (Å²) < 4.78 is 0. The first kappa shape index (κ1) is 19.9. The highest BCUT2D eigenvalue weighted by molar-refractivity contribution is 7.09. The zero-order valence-electron chi connectivity index (χ0n) is 14.9. The number of urea groups is 1. The van der Waals surface area contributed by atoms with Crippen LogP contribution in [0.15, 0.2) is 35.7 Å². The SMILES string of the molecule is CC(NC(=O)NCCCN(C)Cc1ccccc1)c1nc(C(=O)O)cs1. The fourth-order valence-electron chi connectivity index (χ4n) is 2.42. The van der Waals surface area contributed by atoms with E-state index in [2.05, 4.69) is 39.7 Å². The second-order valence-electron chi connectivity index (χ2n) is 6.07. The molecule has 0 aliphatic heterocycles. The summed E-state index contributed by atoms with van der Waals surface area (Å²) in [5.41, 5.74) is 1.26. The van der Waals surface area contributed by atoms with Gasteiger partial charge in [0.2, 0.25) is 0 Å². The highest BCUT2D eigenvalue weighted by Crippen LogP contribution is 2.17. The third kappa shape index (κ3) is 6.45. The molecule has 1 unspecified atom stereocenters. The van der Waals surface area contributed by atoms with Gasteiger partial charge in [0.15, 0.2) is 5.69 Å². The predicted molar refractivity (Wildman–Crippen MR) is 101 cm³/mol. The molecule has 3 N–H and O–H groups in total. The highest BCUT2D eigenvalue weighted by atomic mass is 32.1. The fraction of sp³-hybridized carbons (Fsp3) is 0.389. The first-order valence-electron chi connectivity index (χ1n) is 8.41. The van der Waals surface area contributed by atoms with E-state index in [9.17, 15) is 9.59 Å². The van der Waals surface area contributed by atoms with Gasteiger partial charge in [0.25, 0.3) is 0 Å². The van der Waals surface area contributed by atoms with Crippen molar-refractivity contribution in [3.05, 3.63) is 52.0 Å². The minimum atomic E-state index is -1.07. The van der Waals surface area contributed by atoms with E-state index >= 15 is 0 Å². The molecule has 0 saturated heterocycles. The van der Waals surface area contributed by atoms with E-state index in [0.717, 1.165) is 19.5 Å². The zero-order chi connectivity index (χ0) is 18.9. The minimum Gasteiger partial charge on any atom is -0.476 e. The highest BCUT2D eigenvalue weighted by Gasteiger charge is 2.15. The number of carbonyl (C=O) groups excluding carboxylic acids is 1. The maximum Gasteiger partial charge on any atom is 0.355 e. The Balaban J connectivity index is 1.64. The van der Waals surface area contributed by atoms with E-state index in [1.165, 1.54) is 22.3 Å². The van der Waals surface area contributed by atoms with Crippen molar-refractivity contribution < 1.29 is 14.7 Å². The number of nitrogens with zero attached hydrogens (tertiary/aromatic N) is 2. The Hall–Kier alpha value is -2.45. The van der Waals surface area contributed by atoms with Crippen LogP contribution in [0.2, 0.25) is 0 Å². The molecule has 140 valence electrons. The van der Waals surface area contributed by atoms with Crippen molar-refractivity contribution in [3.63, 3.8) is 0 Å². The topological polar surface area (TPSA) is 94.6 Å². The van der Waals surface area contributed by atoms with E-state index in [1.807, 2.05) is 18.2 Å². The van der Waals surface area contributed by atoms with E-state index in [-0.39, 0.29) is 17.8 Å². The molecule has 2 rings (SSSR count). The van der Waals surface area contributed by atoms with Crippen LogP contribution in [0.3, 0.4) is 0 Å². The molecule has 0 aliphatic carbocycles. The second-order valence-corrected chi connectivity index (χ2v) is 6.96. The molecule has 2 aromatic rings. The summed E-state index contributed by atoms with van der Waals surface area (Å²) in [6.07, 6.45) is 0.839. The summed E-state index contributed by atoms with van der Waals surface area (Å²) in [6.45, 7) is 4.09. The van der Waals surface area contributed by atoms with E-state index in [4.69, 9.17) is 5.11 Å². The molecular weight excluding hydrogens is 352 g/mol. The first-order chi connectivity index (χ1) is 12.5. The Morgan fingerprint density at radius 1 is 1.31 bits per heavy atom. The molecule has 1 heterocycles. The fourth-order valence-corrected chi connectivity index (χ4v) is 3.22. The standard InChI is InChI=1S/C18H24N4O3S/c1-13(16-21-15(12-26-16)17(23)24)20-18(25)19-9-6-10-22(2)11-14-7-4-3-5-8-14/h3-5,7-8,12-13H,6,9-11H2,1-2H3,(H,23,24)(H2,19,20,25). The first-order valence-corrected chi connectivity index (χ1v) is 9.29. The van der Waals surface area contributed by atoms with Gasteiger partial charge in [0.1, 0.15) is 5.01 Å². The van der Waals surface area contributed by atoms with Crippen LogP contribution < -0.4 is 10.6 Å². The van der Waals surface area contributed by atoms with Gasteiger partial charge in [-0.15, -0.1) is 11.3 Å². The van der Waals surface area contributed by atoms with Crippen LogP contribution in [0, 0.1) is 0 Å². The monoisotopic (exact) mass is 376 g/mol. The number of rotatable bonds is 9. The lowest BCUT2D eigenvalue weighted by Crippen LogP contribution is -2.38. The molecular formula is C18H24N4O3S. The summed E-state index contributed by atoms with van der Waals surface area (Å²) in [6, 6.07) is 9.62. The van der Waals surface area contributed by atoms with Crippen molar-refractivity contribution >= 4 is 23.3 Å². The van der Waals surface area contributed by atoms with Crippen molar-refractivity contribution in [2.45, 2.75) is 25.9 Å². The third-order valence-corrected chi connectivity index (χ3v) is 4.78. The average Bonchev–Trinajstić information content (AvgIpc) is 3.10. The van der Waals surface area contributed by atoms with Gasteiger partial charge in [-0.25, -0.2) is 14.6 Å². The molecule has 0 radical (unpaired) electrons. The molecule has 0 aliphatic rings. The number of carbonyl (C=O) groups is 2. The van der Waals surface area contributed by atoms with Crippen molar-refractivity contribution in [1.82, 2.24) is 20.5 Å². The van der Waals surface area contributed by atoms with Gasteiger partial charge in [-0.3, -0.25) is 0 Å². The quantitative estimate of drug-likeness (QED) is 0.585. The van der Waals surface area contributed by atoms with Gasteiger partial charge in [0.05, 0.1) is 6.04 Å². The van der Waals surface area contributed by atoms with Gasteiger partial charge in [-0.1, -0.05) is 30.3 Å². The number of carboxylic acid groups (broad SMARTS) is 1. The number of benzene rings is 1. The minimum absolute atomic E-state index is 0.000474. The van der Waals surface area contributed by atoms with Crippen LogP contribution in [0.1, 0.15) is 40.4 Å². The Morgan fingerprint density at radius 2 is 2.04 bits per heavy atom. The van der Waals surface area contributed by atoms with E-state index in [0.29, 0.717) is 11.6 Å². The Morgan fingerprint density at radius 3 is 2.69 bits per heavy atom. The van der Waals surface area contributed by atoms with Crippen molar-refractivity contribution in [2.24, 2.45) is 0 Å². The third-order valence-electron chi connectivity index (χ3n) is 3.76. The molecule has 1 aromatic carbocycles. The zero-order valence-corrected chi connectivity index (χ0v) is 15.8. The van der Waals surface area contributed by atoms with Crippen molar-refractivity contribution in [1.29, 1.82) is 0 Å². The summed E-state index contributed by atoms with van der Waals surface area (Å²) in [4.78, 5) is 29.0. The molecule has 1 atom stereocenters. The lowest BCUT2D eigenvalue weighted by atomic mass is 10.2. The molecule has 26 heavy (non-hydrogen) atoms. The maximum absolute atomic E-state index is 11.9. The summed E-state index contributed by atoms with van der Waals surface area (Å²) >= 11 is 1.22. The molecule has 0 fully saturated rings. The van der Waals surface area contributed by atoms with Crippen LogP contribution in [0.5, 0.6) is 0 Å². The molecule has 0 spiro atoms. The predicted octanol–water partition coefficient (Wildman–Crippen LogP) is 2.72. The summed E-state index contributed by atoms with van der Waals surface area (Å²) in [7, 11) is 2.05. The van der Waals surface area contributed by atoms with Gasteiger partial charge in [0, 0.05) is 18.5 Å². The Labute approximate surface area is 157 Å². The molecule has 2 amide bonds. The number of hydrogen-bond donors (Lipinski definition) is 3. The summed E-state index contributed by atoms with van der Waals surface area (Å²) in [5.74, 6) is -1.07. The van der Waals surface area contributed by atoms with Gasteiger partial charge >= 0.3 is 12.0 Å². The normalized spacial score (nSPS) is 12.0. The van der Waals surface area contributed by atoms with Crippen LogP contribution in [0.25, 0.3) is 0 Å². The number of hydrogen-bond acceptors (Lipinski definition) is 5. The van der Waals surface area contributed by atoms with Crippen molar-refractivity contribution in [2.75, 3.05) is 20.1 Å². The number of amides is 2. The number of carboxylic acids is 1. The van der Waals surface area contributed by atoms with Crippen LogP contribution in [-0.2, 0) is 6.54 Å². The van der Waals surface area contributed by atoms with Crippen LogP contribution >= 0.6 is 11.3 Å². The molecule has 1 aromatic heterocycles. The molecule has 0 saturated carbocycles. The van der Waals surface area contributed by atoms with Gasteiger partial charge in [-0.05, 0) is 32.5 Å². The van der Waals surface area contributed by atoms with Gasteiger partial charge < -0.3 is 20.6 Å². The van der Waals surface area contributed by atoms with E-state index < -0.39 is 5.97 Å².